The molecular formula is C25H34N2O3. The van der Waals surface area contributed by atoms with Crippen molar-refractivity contribution >= 4 is 5.91 Å². The Balaban J connectivity index is 1.78. The molecule has 1 aliphatic heterocycles. The molecular weight excluding hydrogens is 376 g/mol. The van der Waals surface area contributed by atoms with E-state index in [4.69, 9.17) is 9.47 Å². The van der Waals surface area contributed by atoms with E-state index in [0.29, 0.717) is 18.8 Å². The van der Waals surface area contributed by atoms with Gasteiger partial charge in [0.25, 0.3) is 5.91 Å². The van der Waals surface area contributed by atoms with Crippen LogP contribution in [0, 0.1) is 20.8 Å². The fourth-order valence-electron chi connectivity index (χ4n) is 3.88. The van der Waals surface area contributed by atoms with Crippen molar-refractivity contribution < 1.29 is 14.3 Å². The highest BCUT2D eigenvalue weighted by molar-refractivity contribution is 5.94. The summed E-state index contributed by atoms with van der Waals surface area (Å²) in [6.07, 6.45) is 0. The summed E-state index contributed by atoms with van der Waals surface area (Å²) in [5.74, 6) is 1.73. The Morgan fingerprint density at radius 3 is 2.33 bits per heavy atom. The number of hydrogen-bond acceptors (Lipinski definition) is 4. The zero-order chi connectivity index (χ0) is 21.7. The number of rotatable bonds is 7. The Kier molecular flexibility index (Phi) is 7.38. The van der Waals surface area contributed by atoms with Gasteiger partial charge in [0.15, 0.2) is 0 Å². The zero-order valence-corrected chi connectivity index (χ0v) is 19.0. The molecule has 2 aromatic carbocycles. The van der Waals surface area contributed by atoms with Gasteiger partial charge in [-0.25, -0.2) is 0 Å². The average Bonchev–Trinajstić information content (AvgIpc) is 2.75. The van der Waals surface area contributed by atoms with Crippen molar-refractivity contribution in [2.75, 3.05) is 39.3 Å². The van der Waals surface area contributed by atoms with E-state index >= 15 is 0 Å². The van der Waals surface area contributed by atoms with Crippen molar-refractivity contribution in [2.45, 2.75) is 41.2 Å². The van der Waals surface area contributed by atoms with E-state index in [1.165, 1.54) is 11.1 Å². The summed E-state index contributed by atoms with van der Waals surface area (Å²) in [5, 5.41) is 0. The van der Waals surface area contributed by atoms with Gasteiger partial charge in [0, 0.05) is 37.3 Å². The maximum atomic E-state index is 13.1. The molecule has 1 aliphatic rings. The van der Waals surface area contributed by atoms with Gasteiger partial charge in [-0.15, -0.1) is 0 Å². The molecule has 5 nitrogen and oxygen atoms in total. The molecule has 1 amide bonds. The summed E-state index contributed by atoms with van der Waals surface area (Å²) >= 11 is 0. The van der Waals surface area contributed by atoms with Gasteiger partial charge in [0.1, 0.15) is 18.1 Å². The molecule has 1 fully saturated rings. The number of piperazine rings is 1. The second-order valence-corrected chi connectivity index (χ2v) is 7.98. The van der Waals surface area contributed by atoms with Gasteiger partial charge >= 0.3 is 0 Å². The summed E-state index contributed by atoms with van der Waals surface area (Å²) in [7, 11) is 0. The summed E-state index contributed by atoms with van der Waals surface area (Å²) < 4.78 is 12.0. The monoisotopic (exact) mass is 410 g/mol. The topological polar surface area (TPSA) is 42.0 Å². The third-order valence-electron chi connectivity index (χ3n) is 5.86. The van der Waals surface area contributed by atoms with Gasteiger partial charge in [-0.3, -0.25) is 4.79 Å². The van der Waals surface area contributed by atoms with Crippen LogP contribution in [0.3, 0.4) is 0 Å². The van der Waals surface area contributed by atoms with Gasteiger partial charge in [-0.05, 0) is 75.2 Å². The molecule has 2 aromatic rings. The third kappa shape index (κ3) is 5.14. The van der Waals surface area contributed by atoms with Gasteiger partial charge in [-0.1, -0.05) is 13.0 Å². The molecule has 30 heavy (non-hydrogen) atoms. The minimum atomic E-state index is 0.0811. The second kappa shape index (κ2) is 9.98. The first-order chi connectivity index (χ1) is 14.4. The maximum Gasteiger partial charge on any atom is 0.253 e. The summed E-state index contributed by atoms with van der Waals surface area (Å²) in [6.45, 7) is 15.7. The summed E-state index contributed by atoms with van der Waals surface area (Å²) in [5.41, 5.74) is 5.12. The lowest BCUT2D eigenvalue weighted by Crippen LogP contribution is -2.48. The number of benzene rings is 2. The molecule has 162 valence electrons. The van der Waals surface area contributed by atoms with Crippen LogP contribution >= 0.6 is 0 Å². The first kappa shape index (κ1) is 22.2. The minimum absolute atomic E-state index is 0.0811. The van der Waals surface area contributed by atoms with Crippen LogP contribution in [0.15, 0.2) is 30.3 Å². The van der Waals surface area contributed by atoms with E-state index in [2.05, 4.69) is 44.7 Å². The van der Waals surface area contributed by atoms with Gasteiger partial charge < -0.3 is 19.3 Å². The van der Waals surface area contributed by atoms with Crippen LogP contribution in [-0.2, 0) is 6.61 Å². The number of carbonyl (C=O) groups excluding carboxylic acids is 1. The third-order valence-corrected chi connectivity index (χ3v) is 5.86. The number of hydrogen-bond donors (Lipinski definition) is 0. The van der Waals surface area contributed by atoms with E-state index in [1.54, 1.807) is 0 Å². The molecule has 3 rings (SSSR count). The van der Waals surface area contributed by atoms with Crippen molar-refractivity contribution in [2.24, 2.45) is 0 Å². The first-order valence-corrected chi connectivity index (χ1v) is 10.9. The fourth-order valence-corrected chi connectivity index (χ4v) is 3.88. The van der Waals surface area contributed by atoms with Crippen LogP contribution in [0.4, 0.5) is 0 Å². The number of carbonyl (C=O) groups is 1. The highest BCUT2D eigenvalue weighted by Gasteiger charge is 2.22. The lowest BCUT2D eigenvalue weighted by molar-refractivity contribution is 0.0643. The quantitative estimate of drug-likeness (QED) is 0.680. The van der Waals surface area contributed by atoms with Crippen LogP contribution in [0.2, 0.25) is 0 Å². The molecule has 0 bridgehead atoms. The number of ether oxygens (including phenoxy) is 2. The SMILES string of the molecule is CCOc1ccc(C(=O)N2CCN(CC)CC2)cc1COc1cc(C)cc(C)c1C. The number of likely N-dealkylation sites (N-methyl/N-ethyl adjacent to an activating group) is 1. The van der Waals surface area contributed by atoms with Gasteiger partial charge in [0.05, 0.1) is 6.61 Å². The van der Waals surface area contributed by atoms with Crippen molar-refractivity contribution in [3.63, 3.8) is 0 Å². The van der Waals surface area contributed by atoms with E-state index in [1.807, 2.05) is 30.0 Å². The fraction of sp³-hybridized carbons (Fsp3) is 0.480. The highest BCUT2D eigenvalue weighted by Crippen LogP contribution is 2.27. The van der Waals surface area contributed by atoms with Crippen molar-refractivity contribution in [3.05, 3.63) is 58.1 Å². The number of amides is 1. The van der Waals surface area contributed by atoms with Crippen LogP contribution in [0.25, 0.3) is 0 Å². The first-order valence-electron chi connectivity index (χ1n) is 10.9. The number of nitrogens with zero attached hydrogens (tertiary/aromatic N) is 2. The van der Waals surface area contributed by atoms with E-state index in [0.717, 1.165) is 55.3 Å². The average molecular weight is 411 g/mol. The van der Waals surface area contributed by atoms with E-state index < -0.39 is 0 Å². The van der Waals surface area contributed by atoms with E-state index in [9.17, 15) is 4.79 Å². The molecule has 1 saturated heterocycles. The van der Waals surface area contributed by atoms with Crippen LogP contribution < -0.4 is 9.47 Å². The normalized spacial score (nSPS) is 14.6. The lowest BCUT2D eigenvalue weighted by atomic mass is 10.1. The van der Waals surface area contributed by atoms with Crippen molar-refractivity contribution in [3.8, 4) is 11.5 Å². The van der Waals surface area contributed by atoms with Gasteiger partial charge in [0.2, 0.25) is 0 Å². The minimum Gasteiger partial charge on any atom is -0.493 e. The highest BCUT2D eigenvalue weighted by atomic mass is 16.5. The Labute approximate surface area is 180 Å². The molecule has 0 aliphatic carbocycles. The molecule has 0 atom stereocenters. The predicted octanol–water partition coefficient (Wildman–Crippen LogP) is 4.37. The molecule has 0 unspecified atom stereocenters. The summed E-state index contributed by atoms with van der Waals surface area (Å²) in [4.78, 5) is 17.4. The molecule has 0 saturated carbocycles. The molecule has 5 heteroatoms. The molecule has 0 radical (unpaired) electrons. The van der Waals surface area contributed by atoms with Crippen LogP contribution in [0.1, 0.15) is 46.5 Å². The van der Waals surface area contributed by atoms with Gasteiger partial charge in [-0.2, -0.15) is 0 Å². The van der Waals surface area contributed by atoms with E-state index in [-0.39, 0.29) is 5.91 Å². The van der Waals surface area contributed by atoms with Crippen molar-refractivity contribution in [1.82, 2.24) is 9.80 Å². The van der Waals surface area contributed by atoms with Crippen LogP contribution in [-0.4, -0.2) is 55.0 Å². The molecule has 0 aromatic heterocycles. The van der Waals surface area contributed by atoms with Crippen molar-refractivity contribution in [1.29, 1.82) is 0 Å². The Hall–Kier alpha value is -2.53. The predicted molar refractivity (Wildman–Crippen MR) is 121 cm³/mol. The smallest absolute Gasteiger partial charge is 0.253 e. The Morgan fingerprint density at radius 2 is 1.67 bits per heavy atom. The number of aryl methyl sites for hydroxylation is 2. The largest absolute Gasteiger partial charge is 0.493 e. The van der Waals surface area contributed by atoms with Crippen LogP contribution in [0.5, 0.6) is 11.5 Å². The molecule has 0 N–H and O–H groups in total. The summed E-state index contributed by atoms with van der Waals surface area (Å²) in [6, 6.07) is 9.91. The zero-order valence-electron chi connectivity index (χ0n) is 19.0. The molecule has 0 spiro atoms. The standard InChI is InChI=1S/C25H34N2O3/c1-6-26-10-12-27(13-11-26)25(28)21-8-9-23(29-7-2)22(16-21)17-30-24-15-18(3)14-19(4)20(24)5/h8-9,14-16H,6-7,10-13,17H2,1-5H3. The Bertz CT molecular complexity index is 886. The maximum absolute atomic E-state index is 13.1. The second-order valence-electron chi connectivity index (χ2n) is 7.98. The Morgan fingerprint density at radius 1 is 0.933 bits per heavy atom. The lowest BCUT2D eigenvalue weighted by Gasteiger charge is -2.34. The molecule has 1 heterocycles.